The van der Waals surface area contributed by atoms with Crippen molar-refractivity contribution in [1.82, 2.24) is 20.0 Å². The standard InChI is InChI=1S/C20H37N5O/c1-7-10-24(11-8-2)19(17(4)5)16-22-20(21-9-3)25-14-12-23(13-15-25)18(6)26/h7-8,17,19H,1-2,9-16H2,3-6H3,(H,21,22). The first-order chi connectivity index (χ1) is 12.4. The lowest BCUT2D eigenvalue weighted by Gasteiger charge is -2.37. The lowest BCUT2D eigenvalue weighted by Crippen LogP contribution is -2.53. The molecule has 26 heavy (non-hydrogen) atoms. The first-order valence-electron chi connectivity index (χ1n) is 9.69. The summed E-state index contributed by atoms with van der Waals surface area (Å²) < 4.78 is 0. The van der Waals surface area contributed by atoms with E-state index in [2.05, 4.69) is 49.0 Å². The number of piperazine rings is 1. The maximum absolute atomic E-state index is 11.5. The zero-order valence-corrected chi connectivity index (χ0v) is 17.1. The van der Waals surface area contributed by atoms with Crippen LogP contribution in [-0.2, 0) is 4.79 Å². The van der Waals surface area contributed by atoms with Crippen LogP contribution in [0, 0.1) is 5.92 Å². The van der Waals surface area contributed by atoms with Crippen LogP contribution in [0.5, 0.6) is 0 Å². The van der Waals surface area contributed by atoms with Crippen LogP contribution >= 0.6 is 0 Å². The van der Waals surface area contributed by atoms with Gasteiger partial charge in [-0.25, -0.2) is 0 Å². The minimum atomic E-state index is 0.149. The van der Waals surface area contributed by atoms with Gasteiger partial charge in [0.05, 0.1) is 6.54 Å². The fourth-order valence-electron chi connectivity index (χ4n) is 3.26. The second kappa shape index (κ2) is 11.7. The molecule has 0 aliphatic carbocycles. The number of hydrogen-bond acceptors (Lipinski definition) is 3. The highest BCUT2D eigenvalue weighted by atomic mass is 16.2. The van der Waals surface area contributed by atoms with Gasteiger partial charge in [0.15, 0.2) is 5.96 Å². The molecule has 0 spiro atoms. The van der Waals surface area contributed by atoms with Crippen molar-refractivity contribution < 1.29 is 4.79 Å². The molecule has 1 unspecified atom stereocenters. The molecule has 1 aliphatic heterocycles. The molecule has 1 heterocycles. The quantitative estimate of drug-likeness (QED) is 0.386. The van der Waals surface area contributed by atoms with Crippen molar-refractivity contribution in [3.8, 4) is 0 Å². The molecular weight excluding hydrogens is 326 g/mol. The molecule has 6 heteroatoms. The van der Waals surface area contributed by atoms with Crippen molar-refractivity contribution in [3.63, 3.8) is 0 Å². The van der Waals surface area contributed by atoms with Gasteiger partial charge in [0, 0.05) is 58.8 Å². The highest BCUT2D eigenvalue weighted by molar-refractivity contribution is 5.80. The largest absolute Gasteiger partial charge is 0.357 e. The Balaban J connectivity index is 2.83. The molecule has 1 N–H and O–H groups in total. The zero-order chi connectivity index (χ0) is 19.5. The van der Waals surface area contributed by atoms with Gasteiger partial charge in [0.25, 0.3) is 0 Å². The van der Waals surface area contributed by atoms with Crippen LogP contribution < -0.4 is 5.32 Å². The van der Waals surface area contributed by atoms with E-state index in [1.54, 1.807) is 6.92 Å². The number of amides is 1. The zero-order valence-electron chi connectivity index (χ0n) is 17.1. The minimum Gasteiger partial charge on any atom is -0.357 e. The Labute approximate surface area is 159 Å². The lowest BCUT2D eigenvalue weighted by molar-refractivity contribution is -0.130. The van der Waals surface area contributed by atoms with E-state index < -0.39 is 0 Å². The Morgan fingerprint density at radius 1 is 1.15 bits per heavy atom. The summed E-state index contributed by atoms with van der Waals surface area (Å²) in [4.78, 5) is 23.0. The molecule has 0 aromatic rings. The Bertz CT molecular complexity index is 471. The van der Waals surface area contributed by atoms with Gasteiger partial charge in [-0.3, -0.25) is 14.7 Å². The van der Waals surface area contributed by atoms with Crippen LogP contribution in [0.3, 0.4) is 0 Å². The lowest BCUT2D eigenvalue weighted by atomic mass is 10.0. The maximum Gasteiger partial charge on any atom is 0.219 e. The number of carbonyl (C=O) groups excluding carboxylic acids is 1. The monoisotopic (exact) mass is 363 g/mol. The Morgan fingerprint density at radius 2 is 1.69 bits per heavy atom. The molecule has 0 radical (unpaired) electrons. The SMILES string of the molecule is C=CCN(CC=C)C(CN=C(NCC)N1CCN(C(C)=O)CC1)C(C)C. The van der Waals surface area contributed by atoms with Crippen molar-refractivity contribution in [2.24, 2.45) is 10.9 Å². The highest BCUT2D eigenvalue weighted by Gasteiger charge is 2.23. The first kappa shape index (κ1) is 22.2. The minimum absolute atomic E-state index is 0.149. The Hall–Kier alpha value is -1.82. The normalized spacial score (nSPS) is 16.8. The van der Waals surface area contributed by atoms with E-state index in [0.29, 0.717) is 12.0 Å². The number of carbonyl (C=O) groups is 1. The average Bonchev–Trinajstić information content (AvgIpc) is 2.61. The van der Waals surface area contributed by atoms with Crippen LogP contribution in [0.15, 0.2) is 30.3 Å². The summed E-state index contributed by atoms with van der Waals surface area (Å²) in [6.07, 6.45) is 3.88. The van der Waals surface area contributed by atoms with Gasteiger partial charge < -0.3 is 15.1 Å². The summed E-state index contributed by atoms with van der Waals surface area (Å²) >= 11 is 0. The molecule has 0 aromatic heterocycles. The number of nitrogens with zero attached hydrogens (tertiary/aromatic N) is 4. The van der Waals surface area contributed by atoms with Gasteiger partial charge in [0.1, 0.15) is 0 Å². The van der Waals surface area contributed by atoms with E-state index in [9.17, 15) is 4.79 Å². The molecule has 0 aromatic carbocycles. The second-order valence-corrected chi connectivity index (χ2v) is 7.03. The van der Waals surface area contributed by atoms with E-state index in [4.69, 9.17) is 4.99 Å². The second-order valence-electron chi connectivity index (χ2n) is 7.03. The van der Waals surface area contributed by atoms with Crippen molar-refractivity contribution >= 4 is 11.9 Å². The van der Waals surface area contributed by atoms with E-state index >= 15 is 0 Å². The van der Waals surface area contributed by atoms with Gasteiger partial charge in [-0.1, -0.05) is 26.0 Å². The molecule has 1 amide bonds. The van der Waals surface area contributed by atoms with E-state index in [1.165, 1.54) is 0 Å². The van der Waals surface area contributed by atoms with Crippen molar-refractivity contribution in [3.05, 3.63) is 25.3 Å². The Kier molecular flexibility index (Phi) is 10.0. The highest BCUT2D eigenvalue weighted by Crippen LogP contribution is 2.12. The smallest absolute Gasteiger partial charge is 0.219 e. The third-order valence-electron chi connectivity index (χ3n) is 4.75. The van der Waals surface area contributed by atoms with E-state index in [1.807, 2.05) is 17.1 Å². The molecular formula is C20H37N5O. The van der Waals surface area contributed by atoms with Crippen molar-refractivity contribution in [1.29, 1.82) is 0 Å². The van der Waals surface area contributed by atoms with Crippen LogP contribution in [-0.4, -0.2) is 85.0 Å². The average molecular weight is 364 g/mol. The molecule has 1 atom stereocenters. The van der Waals surface area contributed by atoms with Gasteiger partial charge in [-0.05, 0) is 12.8 Å². The van der Waals surface area contributed by atoms with Crippen LogP contribution in [0.4, 0.5) is 0 Å². The summed E-state index contributed by atoms with van der Waals surface area (Å²) in [6.45, 7) is 22.3. The Morgan fingerprint density at radius 3 is 2.12 bits per heavy atom. The third kappa shape index (κ3) is 6.83. The van der Waals surface area contributed by atoms with E-state index in [-0.39, 0.29) is 5.91 Å². The van der Waals surface area contributed by atoms with Gasteiger partial charge >= 0.3 is 0 Å². The molecule has 1 rings (SSSR count). The topological polar surface area (TPSA) is 51.2 Å². The summed E-state index contributed by atoms with van der Waals surface area (Å²) in [6, 6.07) is 0.332. The number of nitrogens with one attached hydrogen (secondary N) is 1. The molecule has 1 saturated heterocycles. The number of guanidine groups is 1. The van der Waals surface area contributed by atoms with Gasteiger partial charge in [0.2, 0.25) is 5.91 Å². The summed E-state index contributed by atoms with van der Waals surface area (Å²) in [5.74, 6) is 1.57. The number of aliphatic imine (C=N–C) groups is 1. The van der Waals surface area contributed by atoms with Gasteiger partial charge in [-0.2, -0.15) is 0 Å². The molecule has 0 bridgehead atoms. The molecule has 148 valence electrons. The number of hydrogen-bond donors (Lipinski definition) is 1. The van der Waals surface area contributed by atoms with Crippen molar-refractivity contribution in [2.45, 2.75) is 33.7 Å². The fraction of sp³-hybridized carbons (Fsp3) is 0.700. The summed E-state index contributed by atoms with van der Waals surface area (Å²) in [5, 5.41) is 3.41. The van der Waals surface area contributed by atoms with Crippen LogP contribution in [0.2, 0.25) is 0 Å². The van der Waals surface area contributed by atoms with Crippen molar-refractivity contribution in [2.75, 3.05) is 52.4 Å². The number of rotatable bonds is 9. The van der Waals surface area contributed by atoms with E-state index in [0.717, 1.165) is 58.3 Å². The summed E-state index contributed by atoms with van der Waals surface area (Å²) in [5.41, 5.74) is 0. The first-order valence-corrected chi connectivity index (χ1v) is 9.69. The maximum atomic E-state index is 11.5. The summed E-state index contributed by atoms with van der Waals surface area (Å²) in [7, 11) is 0. The molecule has 1 aliphatic rings. The predicted molar refractivity (Wildman–Crippen MR) is 110 cm³/mol. The van der Waals surface area contributed by atoms with Crippen LogP contribution in [0.1, 0.15) is 27.7 Å². The molecule has 0 saturated carbocycles. The third-order valence-corrected chi connectivity index (χ3v) is 4.75. The fourth-order valence-corrected chi connectivity index (χ4v) is 3.26. The molecule has 1 fully saturated rings. The van der Waals surface area contributed by atoms with Crippen LogP contribution in [0.25, 0.3) is 0 Å². The predicted octanol–water partition coefficient (Wildman–Crippen LogP) is 1.81. The molecule has 6 nitrogen and oxygen atoms in total. The van der Waals surface area contributed by atoms with Gasteiger partial charge in [-0.15, -0.1) is 13.2 Å².